The van der Waals surface area contributed by atoms with Gasteiger partial charge in [0.25, 0.3) is 0 Å². The predicted molar refractivity (Wildman–Crippen MR) is 168 cm³/mol. The molecule has 0 aromatic heterocycles. The average molecular weight is 663 g/mol. The van der Waals surface area contributed by atoms with Gasteiger partial charge in [-0.1, -0.05) is 62.2 Å². The van der Waals surface area contributed by atoms with Gasteiger partial charge in [-0.15, -0.1) is 0 Å². The fourth-order valence-corrected chi connectivity index (χ4v) is 6.32. The van der Waals surface area contributed by atoms with Gasteiger partial charge in [0.05, 0.1) is 22.7 Å². The lowest BCUT2D eigenvalue weighted by Gasteiger charge is -2.37. The van der Waals surface area contributed by atoms with Crippen LogP contribution in [-0.4, -0.2) is 28.7 Å². The fraction of sp³-hybridized carbons (Fsp3) is 0.412. The summed E-state index contributed by atoms with van der Waals surface area (Å²) in [4.78, 5) is 14.0. The average Bonchev–Trinajstić information content (AvgIpc) is 3.22. The molecule has 1 saturated heterocycles. The first kappa shape index (κ1) is 34.7. The van der Waals surface area contributed by atoms with Gasteiger partial charge in [-0.05, 0) is 74.6 Å². The standard InChI is InChI=1S/C34H36Cl2F3N3O3/c1-32(2,3)16-26-34(17-40,22-13-10-18(35)14-25(22)38)27(21-8-7-9-23(36)28(21)39)29(42-26)30(43)41-19-11-12-20(24(37)15-19)31(44)45-33(4,5)6/h7-15,26-27,29,31,42,44H,16H2,1-6H3,(H,41,43)/t26-,27-,29+,31?,34-/m0/s1. The molecule has 1 aliphatic heterocycles. The zero-order valence-electron chi connectivity index (χ0n) is 25.8. The van der Waals surface area contributed by atoms with Crippen LogP contribution in [0.4, 0.5) is 18.9 Å². The number of aliphatic hydroxyl groups is 1. The number of hydrogen-bond acceptors (Lipinski definition) is 5. The van der Waals surface area contributed by atoms with Gasteiger partial charge in [0, 0.05) is 33.8 Å². The van der Waals surface area contributed by atoms with E-state index in [1.807, 2.05) is 20.8 Å². The van der Waals surface area contributed by atoms with Gasteiger partial charge < -0.3 is 20.5 Å². The summed E-state index contributed by atoms with van der Waals surface area (Å²) < 4.78 is 52.1. The van der Waals surface area contributed by atoms with Crippen LogP contribution in [0.3, 0.4) is 0 Å². The molecule has 4 rings (SSSR count). The van der Waals surface area contributed by atoms with Crippen LogP contribution >= 0.6 is 23.2 Å². The SMILES string of the molecule is CC(C)(C)C[C@@H]1N[C@@H](C(=O)Nc2ccc(C(O)OC(C)(C)C)c(F)c2)[C@H](c2cccc(Cl)c2F)[C@@]1(C#N)c1ccc(Cl)cc1F. The summed E-state index contributed by atoms with van der Waals surface area (Å²) >= 11 is 12.2. The minimum atomic E-state index is -1.81. The van der Waals surface area contributed by atoms with Crippen LogP contribution in [0.15, 0.2) is 54.6 Å². The maximum Gasteiger partial charge on any atom is 0.242 e. The number of nitriles is 1. The monoisotopic (exact) mass is 661 g/mol. The first-order chi connectivity index (χ1) is 20.9. The van der Waals surface area contributed by atoms with Crippen molar-refractivity contribution >= 4 is 34.8 Å². The molecular weight excluding hydrogens is 626 g/mol. The van der Waals surface area contributed by atoms with Gasteiger partial charge in [0.1, 0.15) is 22.9 Å². The summed E-state index contributed by atoms with van der Waals surface area (Å²) in [5.41, 5.74) is -3.19. The topological polar surface area (TPSA) is 94.4 Å². The van der Waals surface area contributed by atoms with Crippen LogP contribution in [0.1, 0.15) is 76.9 Å². The molecule has 3 aromatic rings. The second-order valence-corrected chi connectivity index (χ2v) is 14.3. The molecule has 240 valence electrons. The van der Waals surface area contributed by atoms with Crippen molar-refractivity contribution in [2.45, 2.75) is 83.3 Å². The third-order valence-electron chi connectivity index (χ3n) is 7.73. The van der Waals surface area contributed by atoms with Crippen LogP contribution in [-0.2, 0) is 14.9 Å². The smallest absolute Gasteiger partial charge is 0.242 e. The van der Waals surface area contributed by atoms with E-state index in [-0.39, 0.29) is 32.4 Å². The maximum absolute atomic E-state index is 15.8. The maximum atomic E-state index is 15.8. The highest BCUT2D eigenvalue weighted by atomic mass is 35.5. The zero-order valence-corrected chi connectivity index (χ0v) is 27.3. The number of anilines is 1. The Kier molecular flexibility index (Phi) is 9.99. The second-order valence-electron chi connectivity index (χ2n) is 13.5. The molecule has 1 heterocycles. The number of nitrogens with one attached hydrogen (secondary N) is 2. The number of aliphatic hydroxyl groups excluding tert-OH is 1. The Bertz CT molecular complexity index is 1630. The van der Waals surface area contributed by atoms with Crippen molar-refractivity contribution in [2.75, 3.05) is 5.32 Å². The molecule has 0 radical (unpaired) electrons. The summed E-state index contributed by atoms with van der Waals surface area (Å²) in [5.74, 6) is -4.47. The summed E-state index contributed by atoms with van der Waals surface area (Å²) in [6, 6.07) is 12.0. The summed E-state index contributed by atoms with van der Waals surface area (Å²) in [6.45, 7) is 10.9. The van der Waals surface area contributed by atoms with Gasteiger partial charge in [0.2, 0.25) is 5.91 Å². The van der Waals surface area contributed by atoms with Crippen LogP contribution in [0.25, 0.3) is 0 Å². The van der Waals surface area contributed by atoms with Gasteiger partial charge >= 0.3 is 0 Å². The highest BCUT2D eigenvalue weighted by Gasteiger charge is 2.61. The number of carbonyl (C=O) groups is 1. The quantitative estimate of drug-likeness (QED) is 0.222. The molecule has 0 spiro atoms. The molecule has 45 heavy (non-hydrogen) atoms. The third-order valence-corrected chi connectivity index (χ3v) is 8.26. The normalized spacial score (nSPS) is 22.6. The number of carbonyl (C=O) groups excluding carboxylic acids is 1. The number of rotatable bonds is 7. The molecule has 0 aliphatic carbocycles. The Morgan fingerprint density at radius 2 is 1.76 bits per heavy atom. The van der Waals surface area contributed by atoms with E-state index in [2.05, 4.69) is 16.7 Å². The molecule has 1 fully saturated rings. The Morgan fingerprint density at radius 1 is 1.07 bits per heavy atom. The molecular formula is C34H36Cl2F3N3O3. The molecule has 6 nitrogen and oxygen atoms in total. The number of halogens is 5. The lowest BCUT2D eigenvalue weighted by atomic mass is 9.62. The summed E-state index contributed by atoms with van der Waals surface area (Å²) in [6.07, 6.45) is -1.26. The highest BCUT2D eigenvalue weighted by Crippen LogP contribution is 2.53. The molecule has 1 aliphatic rings. The first-order valence-electron chi connectivity index (χ1n) is 14.4. The third kappa shape index (κ3) is 7.32. The Hall–Kier alpha value is -3.13. The van der Waals surface area contributed by atoms with E-state index in [0.717, 1.165) is 12.1 Å². The first-order valence-corrected chi connectivity index (χ1v) is 15.2. The van der Waals surface area contributed by atoms with Gasteiger partial charge in [-0.2, -0.15) is 5.26 Å². The zero-order chi connectivity index (χ0) is 33.5. The fourth-order valence-electron chi connectivity index (χ4n) is 5.98. The van der Waals surface area contributed by atoms with E-state index in [4.69, 9.17) is 27.9 Å². The highest BCUT2D eigenvalue weighted by molar-refractivity contribution is 6.31. The second kappa shape index (κ2) is 12.9. The molecule has 3 aromatic carbocycles. The molecule has 5 atom stereocenters. The Labute approximate surface area is 271 Å². The van der Waals surface area contributed by atoms with E-state index in [1.54, 1.807) is 20.8 Å². The number of ether oxygens (including phenoxy) is 1. The van der Waals surface area contributed by atoms with Gasteiger partial charge in [-0.3, -0.25) is 4.79 Å². The molecule has 3 N–H and O–H groups in total. The minimum absolute atomic E-state index is 0.0378. The van der Waals surface area contributed by atoms with E-state index in [1.165, 1.54) is 42.5 Å². The number of hydrogen-bond donors (Lipinski definition) is 3. The minimum Gasteiger partial charge on any atom is -0.364 e. The van der Waals surface area contributed by atoms with E-state index in [0.29, 0.717) is 6.42 Å². The van der Waals surface area contributed by atoms with Crippen LogP contribution in [0.2, 0.25) is 10.0 Å². The van der Waals surface area contributed by atoms with E-state index >= 15 is 13.2 Å². The molecule has 0 bridgehead atoms. The number of amides is 1. The van der Waals surface area contributed by atoms with E-state index in [9.17, 15) is 15.2 Å². The van der Waals surface area contributed by atoms with Crippen LogP contribution in [0, 0.1) is 34.2 Å². The predicted octanol–water partition coefficient (Wildman–Crippen LogP) is 8.18. The van der Waals surface area contributed by atoms with Crippen molar-refractivity contribution < 1.29 is 27.8 Å². The van der Waals surface area contributed by atoms with Crippen molar-refractivity contribution in [3.05, 3.63) is 98.8 Å². The van der Waals surface area contributed by atoms with Crippen LogP contribution in [0.5, 0.6) is 0 Å². The lowest BCUT2D eigenvalue weighted by molar-refractivity contribution is -0.170. The van der Waals surface area contributed by atoms with Gasteiger partial charge in [-0.25, -0.2) is 13.2 Å². The van der Waals surface area contributed by atoms with Crippen molar-refractivity contribution in [1.82, 2.24) is 5.32 Å². The lowest BCUT2D eigenvalue weighted by Crippen LogP contribution is -2.45. The Balaban J connectivity index is 1.85. The molecule has 1 amide bonds. The molecule has 0 saturated carbocycles. The Morgan fingerprint density at radius 3 is 2.33 bits per heavy atom. The number of nitrogens with zero attached hydrogens (tertiary/aromatic N) is 1. The largest absolute Gasteiger partial charge is 0.364 e. The van der Waals surface area contributed by atoms with Crippen molar-refractivity contribution in [2.24, 2.45) is 5.41 Å². The van der Waals surface area contributed by atoms with Crippen molar-refractivity contribution in [1.29, 1.82) is 5.26 Å². The van der Waals surface area contributed by atoms with Crippen molar-refractivity contribution in [3.63, 3.8) is 0 Å². The molecule has 1 unspecified atom stereocenters. The molecule has 11 heteroatoms. The van der Waals surface area contributed by atoms with Gasteiger partial charge in [0.15, 0.2) is 6.29 Å². The summed E-state index contributed by atoms with van der Waals surface area (Å²) in [5, 5.41) is 27.1. The number of benzene rings is 3. The van der Waals surface area contributed by atoms with Crippen LogP contribution < -0.4 is 10.6 Å². The van der Waals surface area contributed by atoms with Crippen molar-refractivity contribution in [3.8, 4) is 6.07 Å². The summed E-state index contributed by atoms with van der Waals surface area (Å²) in [7, 11) is 0. The van der Waals surface area contributed by atoms with E-state index < -0.39 is 64.1 Å².